The smallest absolute Gasteiger partial charge is 0.317 e. The lowest BCUT2D eigenvalue weighted by atomic mass is 9.77. The quantitative estimate of drug-likeness (QED) is 0.716. The van der Waals surface area contributed by atoms with E-state index in [-0.39, 0.29) is 11.8 Å². The summed E-state index contributed by atoms with van der Waals surface area (Å²) < 4.78 is 5.76. The Morgan fingerprint density at radius 1 is 1.11 bits per heavy atom. The largest absolute Gasteiger partial charge is 0.409 e. The normalized spacial score (nSPS) is 19.4. The first kappa shape index (κ1) is 19.9. The molecule has 0 unspecified atom stereocenters. The molecule has 0 aromatic heterocycles. The molecule has 0 bridgehead atoms. The summed E-state index contributed by atoms with van der Waals surface area (Å²) in [5.74, 6) is -0.0183. The zero-order valence-corrected chi connectivity index (χ0v) is 17.5. The number of aryl methyl sites for hydroxylation is 2. The summed E-state index contributed by atoms with van der Waals surface area (Å²) in [6.07, 6.45) is 4.63. The second kappa shape index (κ2) is 6.97. The van der Waals surface area contributed by atoms with Crippen molar-refractivity contribution in [2.24, 2.45) is 5.41 Å². The van der Waals surface area contributed by atoms with Crippen molar-refractivity contribution in [3.8, 4) is 0 Å². The van der Waals surface area contributed by atoms with Crippen LogP contribution in [-0.2, 0) is 14.3 Å². The average molecular weight is 390 g/mol. The summed E-state index contributed by atoms with van der Waals surface area (Å²) in [6, 6.07) is 3.69. The molecule has 1 aliphatic carbocycles. The van der Waals surface area contributed by atoms with Gasteiger partial charge in [-0.1, -0.05) is 30.9 Å². The number of nitrogens with one attached hydrogen (secondary N) is 1. The van der Waals surface area contributed by atoms with Crippen molar-refractivity contribution in [1.82, 2.24) is 5.32 Å². The Morgan fingerprint density at radius 2 is 1.67 bits per heavy atom. The van der Waals surface area contributed by atoms with Gasteiger partial charge in [-0.05, 0) is 76.3 Å². The van der Waals surface area contributed by atoms with E-state index in [1.807, 2.05) is 46.8 Å². The van der Waals surface area contributed by atoms with Gasteiger partial charge in [-0.15, -0.1) is 0 Å². The second-order valence-electron chi connectivity index (χ2n) is 8.86. The first-order valence-corrected chi connectivity index (χ1v) is 10.00. The van der Waals surface area contributed by atoms with Gasteiger partial charge in [0.15, 0.2) is 5.78 Å². The Labute approximate surface area is 166 Å². The highest BCUT2D eigenvalue weighted by atomic mass is 35.5. The predicted octanol–water partition coefficient (Wildman–Crippen LogP) is 5.09. The fraction of sp³-hybridized carbons (Fsp3) is 0.545. The monoisotopic (exact) mass is 389 g/mol. The Hall–Kier alpha value is -1.81. The van der Waals surface area contributed by atoms with Crippen LogP contribution in [0.1, 0.15) is 69.6 Å². The third kappa shape index (κ3) is 3.64. The number of carbonyl (C=O) groups excluding carboxylic acids is 2. The number of Topliss-reactive ketones (excluding diaryl/α,β-unsaturated/α-hetero) is 1. The van der Waals surface area contributed by atoms with E-state index >= 15 is 0 Å². The molecule has 0 saturated heterocycles. The lowest BCUT2D eigenvalue weighted by molar-refractivity contribution is -0.149. The van der Waals surface area contributed by atoms with Gasteiger partial charge in [-0.2, -0.15) is 0 Å². The molecule has 0 atom stereocenters. The predicted molar refractivity (Wildman–Crippen MR) is 107 cm³/mol. The molecule has 4 nitrogen and oxygen atoms in total. The van der Waals surface area contributed by atoms with Gasteiger partial charge in [0.05, 0.1) is 11.0 Å². The van der Waals surface area contributed by atoms with E-state index in [2.05, 4.69) is 5.32 Å². The highest BCUT2D eigenvalue weighted by molar-refractivity contribution is 6.31. The Bertz CT molecular complexity index is 803. The van der Waals surface area contributed by atoms with Crippen LogP contribution >= 0.6 is 11.6 Å². The fourth-order valence-corrected chi connectivity index (χ4v) is 4.37. The van der Waals surface area contributed by atoms with Crippen LogP contribution in [0.2, 0.25) is 5.02 Å². The van der Waals surface area contributed by atoms with Gasteiger partial charge in [-0.25, -0.2) is 0 Å². The van der Waals surface area contributed by atoms with Crippen LogP contribution in [0.15, 0.2) is 18.0 Å². The molecule has 5 heteroatoms. The zero-order chi connectivity index (χ0) is 20.0. The van der Waals surface area contributed by atoms with Gasteiger partial charge in [0.2, 0.25) is 5.88 Å². The second-order valence-corrected chi connectivity index (χ2v) is 9.29. The third-order valence-corrected chi connectivity index (χ3v) is 5.72. The van der Waals surface area contributed by atoms with Crippen LogP contribution in [0, 0.1) is 19.3 Å². The van der Waals surface area contributed by atoms with Gasteiger partial charge < -0.3 is 10.1 Å². The van der Waals surface area contributed by atoms with Crippen LogP contribution in [0.25, 0.3) is 5.57 Å². The van der Waals surface area contributed by atoms with Crippen LogP contribution in [-0.4, -0.2) is 17.3 Å². The van der Waals surface area contributed by atoms with Crippen LogP contribution < -0.4 is 5.32 Å². The minimum atomic E-state index is -0.657. The van der Waals surface area contributed by atoms with E-state index in [1.54, 1.807) is 0 Å². The molecule has 0 radical (unpaired) electrons. The van der Waals surface area contributed by atoms with Crippen molar-refractivity contribution in [2.75, 3.05) is 0 Å². The SMILES string of the molecule is Cc1cc(Cl)cc(C)c1C1=C(OC(=O)C(C)(C)C)NC2(CCCCC2)C1=O. The van der Waals surface area contributed by atoms with Crippen LogP contribution in [0.3, 0.4) is 0 Å². The van der Waals surface area contributed by atoms with E-state index < -0.39 is 11.0 Å². The summed E-state index contributed by atoms with van der Waals surface area (Å²) in [6.45, 7) is 9.29. The molecule has 146 valence electrons. The maximum Gasteiger partial charge on any atom is 0.317 e. The van der Waals surface area contributed by atoms with Crippen LogP contribution in [0.4, 0.5) is 0 Å². The molecule has 1 spiro atoms. The molecule has 0 amide bonds. The minimum Gasteiger partial charge on any atom is -0.409 e. The minimum absolute atomic E-state index is 0.0347. The van der Waals surface area contributed by atoms with E-state index in [4.69, 9.17) is 16.3 Å². The first-order valence-electron chi connectivity index (χ1n) is 9.62. The number of ketones is 1. The lowest BCUT2D eigenvalue weighted by Crippen LogP contribution is -2.48. The molecule has 2 aliphatic rings. The molecule has 1 aromatic carbocycles. The third-order valence-electron chi connectivity index (χ3n) is 5.50. The number of hydrogen-bond donors (Lipinski definition) is 1. The van der Waals surface area contributed by atoms with Crippen molar-refractivity contribution < 1.29 is 14.3 Å². The maximum atomic E-state index is 13.6. The lowest BCUT2D eigenvalue weighted by Gasteiger charge is -2.33. The number of carbonyl (C=O) groups is 2. The highest BCUT2D eigenvalue weighted by Gasteiger charge is 2.49. The van der Waals surface area contributed by atoms with E-state index in [0.29, 0.717) is 16.5 Å². The number of esters is 1. The molecular formula is C22H28ClNO3. The Kier molecular flexibility index (Phi) is 5.15. The zero-order valence-electron chi connectivity index (χ0n) is 16.8. The van der Waals surface area contributed by atoms with Crippen molar-refractivity contribution in [3.05, 3.63) is 39.7 Å². The van der Waals surface area contributed by atoms with Gasteiger partial charge in [0.1, 0.15) is 5.54 Å². The maximum absolute atomic E-state index is 13.6. The van der Waals surface area contributed by atoms with Gasteiger partial charge in [0.25, 0.3) is 0 Å². The average Bonchev–Trinajstić information content (AvgIpc) is 2.79. The highest BCUT2D eigenvalue weighted by Crippen LogP contribution is 2.42. The summed E-state index contributed by atoms with van der Waals surface area (Å²) in [5.41, 5.74) is 1.80. The first-order chi connectivity index (χ1) is 12.5. The summed E-state index contributed by atoms with van der Waals surface area (Å²) >= 11 is 6.19. The molecular weight excluding hydrogens is 362 g/mol. The van der Waals surface area contributed by atoms with Gasteiger partial charge in [0, 0.05) is 5.02 Å². The van der Waals surface area contributed by atoms with Crippen molar-refractivity contribution in [1.29, 1.82) is 0 Å². The molecule has 1 heterocycles. The Balaban J connectivity index is 2.12. The summed E-state index contributed by atoms with van der Waals surface area (Å²) in [5, 5.41) is 3.96. The molecule has 1 aliphatic heterocycles. The topological polar surface area (TPSA) is 55.4 Å². The Morgan fingerprint density at radius 3 is 2.19 bits per heavy atom. The molecule has 27 heavy (non-hydrogen) atoms. The van der Waals surface area contributed by atoms with E-state index in [9.17, 15) is 9.59 Å². The van der Waals surface area contributed by atoms with E-state index in [0.717, 1.165) is 48.8 Å². The summed E-state index contributed by atoms with van der Waals surface area (Å²) in [7, 11) is 0. The van der Waals surface area contributed by atoms with Gasteiger partial charge in [-0.3, -0.25) is 9.59 Å². The molecule has 1 aromatic rings. The van der Waals surface area contributed by atoms with Crippen molar-refractivity contribution >= 4 is 28.9 Å². The molecule has 3 rings (SSSR count). The van der Waals surface area contributed by atoms with Gasteiger partial charge >= 0.3 is 5.97 Å². The fourth-order valence-electron chi connectivity index (χ4n) is 4.04. The molecule has 1 saturated carbocycles. The number of ether oxygens (including phenoxy) is 1. The number of benzene rings is 1. The summed E-state index contributed by atoms with van der Waals surface area (Å²) in [4.78, 5) is 26.1. The molecule has 1 N–H and O–H groups in total. The number of halogens is 1. The number of hydrogen-bond acceptors (Lipinski definition) is 4. The number of rotatable bonds is 2. The van der Waals surface area contributed by atoms with Crippen molar-refractivity contribution in [2.45, 2.75) is 72.3 Å². The molecule has 1 fully saturated rings. The van der Waals surface area contributed by atoms with E-state index in [1.165, 1.54) is 0 Å². The van der Waals surface area contributed by atoms with Crippen molar-refractivity contribution in [3.63, 3.8) is 0 Å². The van der Waals surface area contributed by atoms with Crippen LogP contribution in [0.5, 0.6) is 0 Å². The standard InChI is InChI=1S/C22H28ClNO3/c1-13-11-15(23)12-14(2)16(13)17-18(25)22(9-7-6-8-10-22)24-19(17)27-20(26)21(3,4)5/h11-12,24H,6-10H2,1-5H3.